The number of nitrogens with zero attached hydrogens (tertiary/aromatic N) is 4. The van der Waals surface area contributed by atoms with Gasteiger partial charge in [0.05, 0.1) is 13.3 Å². The van der Waals surface area contributed by atoms with E-state index >= 15 is 0 Å². The fourth-order valence-corrected chi connectivity index (χ4v) is 3.89. The molecule has 0 unspecified atom stereocenters. The molecule has 3 aromatic rings. The van der Waals surface area contributed by atoms with Gasteiger partial charge in [-0.05, 0) is 29.8 Å². The number of amides is 1. The zero-order valence-corrected chi connectivity index (χ0v) is 17.8. The van der Waals surface area contributed by atoms with Gasteiger partial charge in [0, 0.05) is 68.7 Å². The fraction of sp³-hybridized carbons (Fsp3) is 0.304. The number of carbonyl (C=O) groups excluding carboxylic acids is 1. The lowest BCUT2D eigenvalue weighted by Gasteiger charge is -2.24. The van der Waals surface area contributed by atoms with Crippen LogP contribution in [0.4, 0.5) is 18.9 Å². The second-order valence-corrected chi connectivity index (χ2v) is 7.71. The summed E-state index contributed by atoms with van der Waals surface area (Å²) in [5, 5.41) is 4.20. The number of anilines is 1. The first-order chi connectivity index (χ1) is 15.4. The van der Waals surface area contributed by atoms with E-state index in [1.807, 2.05) is 31.4 Å². The van der Waals surface area contributed by atoms with Crippen molar-refractivity contribution in [3.05, 3.63) is 65.7 Å². The van der Waals surface area contributed by atoms with E-state index in [-0.39, 0.29) is 24.4 Å². The molecule has 0 radical (unpaired) electrons. The summed E-state index contributed by atoms with van der Waals surface area (Å²) in [6.07, 6.45) is 3.92. The molecule has 1 aliphatic rings. The highest BCUT2D eigenvalue weighted by molar-refractivity contribution is 5.78. The van der Waals surface area contributed by atoms with Crippen LogP contribution in [0.25, 0.3) is 11.1 Å². The maximum absolute atomic E-state index is 13.5. The molecule has 0 bridgehead atoms. The summed E-state index contributed by atoms with van der Waals surface area (Å²) in [6.45, 7) is 1.42. The first kappa shape index (κ1) is 21.7. The molecular formula is C23H23F3N4O2. The molecule has 0 saturated carbocycles. The summed E-state index contributed by atoms with van der Waals surface area (Å²) < 4.78 is 47.6. The Morgan fingerprint density at radius 3 is 2.47 bits per heavy atom. The average molecular weight is 444 g/mol. The first-order valence-electron chi connectivity index (χ1n) is 10.2. The summed E-state index contributed by atoms with van der Waals surface area (Å²) in [5.74, 6) is -3.46. The molecule has 1 fully saturated rings. The maximum Gasteiger partial charge on any atom is 0.224 e. The molecule has 9 heteroatoms. The van der Waals surface area contributed by atoms with Crippen LogP contribution in [0.3, 0.4) is 0 Å². The molecule has 0 aliphatic carbocycles. The predicted molar refractivity (Wildman–Crippen MR) is 114 cm³/mol. The van der Waals surface area contributed by atoms with Crippen LogP contribution in [0.5, 0.6) is 5.75 Å². The fourth-order valence-electron chi connectivity index (χ4n) is 3.89. The highest BCUT2D eigenvalue weighted by Gasteiger charge is 2.23. The lowest BCUT2D eigenvalue weighted by atomic mass is 10.1. The molecule has 0 spiro atoms. The van der Waals surface area contributed by atoms with Crippen molar-refractivity contribution in [2.45, 2.75) is 13.0 Å². The maximum atomic E-state index is 13.5. The summed E-state index contributed by atoms with van der Waals surface area (Å²) in [4.78, 5) is 16.2. The van der Waals surface area contributed by atoms with Gasteiger partial charge in [0.25, 0.3) is 0 Å². The molecule has 0 N–H and O–H groups in total. The monoisotopic (exact) mass is 444 g/mol. The topological polar surface area (TPSA) is 50.6 Å². The van der Waals surface area contributed by atoms with E-state index in [1.54, 1.807) is 18.0 Å². The molecule has 1 amide bonds. The van der Waals surface area contributed by atoms with E-state index in [0.717, 1.165) is 28.9 Å². The van der Waals surface area contributed by atoms with Gasteiger partial charge < -0.3 is 14.5 Å². The molecule has 6 nitrogen and oxygen atoms in total. The highest BCUT2D eigenvalue weighted by Crippen LogP contribution is 2.34. The van der Waals surface area contributed by atoms with Gasteiger partial charge in [0.2, 0.25) is 5.91 Å². The molecule has 1 aliphatic heterocycles. The van der Waals surface area contributed by atoms with Gasteiger partial charge in [-0.2, -0.15) is 5.10 Å². The van der Waals surface area contributed by atoms with Crippen molar-refractivity contribution in [3.63, 3.8) is 0 Å². The number of aromatic nitrogens is 2. The van der Waals surface area contributed by atoms with Crippen LogP contribution < -0.4 is 9.64 Å². The third kappa shape index (κ3) is 4.42. The molecular weight excluding hydrogens is 421 g/mol. The number of aryl methyl sites for hydroxylation is 1. The molecule has 168 valence electrons. The average Bonchev–Trinajstić information content (AvgIpc) is 3.13. The van der Waals surface area contributed by atoms with Crippen molar-refractivity contribution < 1.29 is 22.7 Å². The molecule has 1 saturated heterocycles. The van der Waals surface area contributed by atoms with Crippen molar-refractivity contribution >= 4 is 11.6 Å². The molecule has 2 heterocycles. The van der Waals surface area contributed by atoms with E-state index in [1.165, 1.54) is 4.90 Å². The third-order valence-electron chi connectivity index (χ3n) is 5.57. The summed E-state index contributed by atoms with van der Waals surface area (Å²) in [7, 11) is 3.45. The molecule has 4 rings (SSSR count). The zero-order valence-electron chi connectivity index (χ0n) is 17.8. The van der Waals surface area contributed by atoms with E-state index in [9.17, 15) is 18.0 Å². The van der Waals surface area contributed by atoms with E-state index in [2.05, 4.69) is 10.00 Å². The van der Waals surface area contributed by atoms with Gasteiger partial charge in [-0.15, -0.1) is 0 Å². The Labute approximate surface area is 183 Å². The number of ether oxygens (including phenoxy) is 1. The number of halogens is 3. The Balaban J connectivity index is 1.50. The van der Waals surface area contributed by atoms with Crippen molar-refractivity contribution in [3.8, 4) is 16.9 Å². The van der Waals surface area contributed by atoms with Crippen molar-refractivity contribution in [1.29, 1.82) is 0 Å². The van der Waals surface area contributed by atoms with Crippen LogP contribution >= 0.6 is 0 Å². The lowest BCUT2D eigenvalue weighted by Crippen LogP contribution is -2.33. The molecule has 2 aromatic carbocycles. The minimum Gasteiger partial charge on any atom is -0.496 e. The van der Waals surface area contributed by atoms with E-state index in [4.69, 9.17) is 4.74 Å². The van der Waals surface area contributed by atoms with Gasteiger partial charge in [-0.25, -0.2) is 13.2 Å². The van der Waals surface area contributed by atoms with Crippen molar-refractivity contribution in [2.75, 3.05) is 31.6 Å². The van der Waals surface area contributed by atoms with Gasteiger partial charge in [0.15, 0.2) is 17.5 Å². The Morgan fingerprint density at radius 2 is 1.81 bits per heavy atom. The van der Waals surface area contributed by atoms with Crippen LogP contribution in [0.15, 0.2) is 42.7 Å². The van der Waals surface area contributed by atoms with Gasteiger partial charge >= 0.3 is 0 Å². The standard InChI is InChI=1S/C23H23F3N4O2/c1-28-14-16(12-27-28)18-4-3-17(11-21(18)32-2)29-6-5-22(31)30(8-7-29)13-15-9-19(24)23(26)20(25)10-15/h3-4,9-12,14H,5-8,13H2,1-2H3. The molecule has 1 aromatic heterocycles. The summed E-state index contributed by atoms with van der Waals surface area (Å²) >= 11 is 0. The van der Waals surface area contributed by atoms with Crippen LogP contribution in [0.2, 0.25) is 0 Å². The number of methoxy groups -OCH3 is 1. The van der Waals surface area contributed by atoms with Crippen LogP contribution in [-0.4, -0.2) is 47.3 Å². The largest absolute Gasteiger partial charge is 0.496 e. The third-order valence-corrected chi connectivity index (χ3v) is 5.57. The Bertz CT molecular complexity index is 1130. The minimum absolute atomic E-state index is 0.0179. The quantitative estimate of drug-likeness (QED) is 0.563. The highest BCUT2D eigenvalue weighted by atomic mass is 19.2. The Morgan fingerprint density at radius 1 is 1.06 bits per heavy atom. The van der Waals surface area contributed by atoms with E-state index in [0.29, 0.717) is 25.4 Å². The van der Waals surface area contributed by atoms with Crippen molar-refractivity contribution in [2.24, 2.45) is 7.05 Å². The number of hydrogen-bond donors (Lipinski definition) is 0. The van der Waals surface area contributed by atoms with Gasteiger partial charge in [-0.1, -0.05) is 0 Å². The van der Waals surface area contributed by atoms with Gasteiger partial charge in [0.1, 0.15) is 5.75 Å². The second kappa shape index (κ2) is 8.94. The number of carbonyl (C=O) groups is 1. The number of rotatable bonds is 5. The summed E-state index contributed by atoms with van der Waals surface area (Å²) in [5.41, 5.74) is 2.97. The van der Waals surface area contributed by atoms with Crippen LogP contribution in [0.1, 0.15) is 12.0 Å². The smallest absolute Gasteiger partial charge is 0.224 e. The zero-order chi connectivity index (χ0) is 22.8. The minimum atomic E-state index is -1.51. The first-order valence-corrected chi connectivity index (χ1v) is 10.2. The second-order valence-electron chi connectivity index (χ2n) is 7.71. The molecule has 32 heavy (non-hydrogen) atoms. The summed E-state index contributed by atoms with van der Waals surface area (Å²) in [6, 6.07) is 7.70. The predicted octanol–water partition coefficient (Wildman–Crippen LogP) is 3.75. The van der Waals surface area contributed by atoms with Crippen LogP contribution in [-0.2, 0) is 18.4 Å². The van der Waals surface area contributed by atoms with Crippen LogP contribution in [0, 0.1) is 17.5 Å². The Kier molecular flexibility index (Phi) is 6.07. The normalized spacial score (nSPS) is 14.6. The Hall–Kier alpha value is -3.49. The SMILES string of the molecule is COc1cc(N2CCC(=O)N(Cc3cc(F)c(F)c(F)c3)CC2)ccc1-c1cnn(C)c1. The van der Waals surface area contributed by atoms with Crippen molar-refractivity contribution in [1.82, 2.24) is 14.7 Å². The molecule has 0 atom stereocenters. The van der Waals surface area contributed by atoms with E-state index < -0.39 is 17.5 Å². The lowest BCUT2D eigenvalue weighted by molar-refractivity contribution is -0.130. The number of benzene rings is 2. The number of hydrogen-bond acceptors (Lipinski definition) is 4. The van der Waals surface area contributed by atoms with Gasteiger partial charge in [-0.3, -0.25) is 9.48 Å².